The van der Waals surface area contributed by atoms with Gasteiger partial charge in [-0.3, -0.25) is 9.10 Å². The highest BCUT2D eigenvalue weighted by Gasteiger charge is 2.23. The minimum absolute atomic E-state index is 0.0500. The highest BCUT2D eigenvalue weighted by atomic mass is 35.5. The van der Waals surface area contributed by atoms with Crippen molar-refractivity contribution < 1.29 is 17.9 Å². The second-order valence-electron chi connectivity index (χ2n) is 5.47. The Balaban J connectivity index is 2.01. The number of ether oxygens (including phenoxy) is 1. The second-order valence-corrected chi connectivity index (χ2v) is 8.93. The van der Waals surface area contributed by atoms with E-state index < -0.39 is 15.9 Å². The number of anilines is 1. The molecule has 0 aliphatic carbocycles. The average molecular weight is 411 g/mol. The van der Waals surface area contributed by atoms with Crippen molar-refractivity contribution in [1.82, 2.24) is 0 Å². The number of benzene rings is 2. The van der Waals surface area contributed by atoms with Crippen LogP contribution in [0.1, 0.15) is 9.67 Å². The molecule has 0 bridgehead atoms. The highest BCUT2D eigenvalue weighted by Crippen LogP contribution is 2.32. The van der Waals surface area contributed by atoms with Gasteiger partial charge >= 0.3 is 0 Å². The van der Waals surface area contributed by atoms with Crippen LogP contribution in [0.2, 0.25) is 5.02 Å². The van der Waals surface area contributed by atoms with Gasteiger partial charge in [0.25, 0.3) is 15.9 Å². The van der Waals surface area contributed by atoms with E-state index in [0.717, 1.165) is 14.4 Å². The maximum atomic E-state index is 12.9. The molecule has 0 atom stereocenters. The summed E-state index contributed by atoms with van der Waals surface area (Å²) in [6, 6.07) is 11.1. The van der Waals surface area contributed by atoms with Crippen LogP contribution in [0.3, 0.4) is 0 Å². The number of carbonyl (C=O) groups excluding carboxylic acids is 1. The summed E-state index contributed by atoms with van der Waals surface area (Å²) in [5.41, 5.74) is 5.76. The number of hydrogen-bond donors (Lipinski definition) is 1. The van der Waals surface area contributed by atoms with Gasteiger partial charge in [0, 0.05) is 11.7 Å². The molecule has 0 spiro atoms. The molecule has 0 saturated carbocycles. The predicted molar refractivity (Wildman–Crippen MR) is 104 cm³/mol. The SMILES string of the molecule is COc1ccc(S(=O)(=O)N(C)c2ccc3sc(C(N)=O)cc3c2)cc1Cl. The van der Waals surface area contributed by atoms with Crippen molar-refractivity contribution in [2.24, 2.45) is 5.73 Å². The Bertz CT molecular complexity index is 1110. The minimum atomic E-state index is -3.81. The normalized spacial score (nSPS) is 11.5. The van der Waals surface area contributed by atoms with Gasteiger partial charge in [-0.2, -0.15) is 0 Å². The summed E-state index contributed by atoms with van der Waals surface area (Å²) < 4.78 is 32.8. The first kappa shape index (κ1) is 18.5. The molecule has 2 N–H and O–H groups in total. The van der Waals surface area contributed by atoms with Crippen LogP contribution < -0.4 is 14.8 Å². The number of nitrogens with two attached hydrogens (primary N) is 1. The van der Waals surface area contributed by atoms with Gasteiger partial charge in [0.15, 0.2) is 0 Å². The second kappa shape index (κ2) is 6.79. The fraction of sp³-hybridized carbons (Fsp3) is 0.118. The molecule has 0 fully saturated rings. The monoisotopic (exact) mass is 410 g/mol. The summed E-state index contributed by atoms with van der Waals surface area (Å²) in [6.45, 7) is 0. The van der Waals surface area contributed by atoms with Gasteiger partial charge in [0.2, 0.25) is 0 Å². The van der Waals surface area contributed by atoms with E-state index in [9.17, 15) is 13.2 Å². The van der Waals surface area contributed by atoms with Crippen LogP contribution in [0.5, 0.6) is 5.75 Å². The largest absolute Gasteiger partial charge is 0.495 e. The van der Waals surface area contributed by atoms with E-state index in [1.165, 1.54) is 43.7 Å². The Kier molecular flexibility index (Phi) is 4.83. The summed E-state index contributed by atoms with van der Waals surface area (Å²) in [5.74, 6) is -0.117. The Morgan fingerprint density at radius 2 is 1.92 bits per heavy atom. The fourth-order valence-electron chi connectivity index (χ4n) is 2.45. The molecule has 3 aromatic rings. The summed E-state index contributed by atoms with van der Waals surface area (Å²) in [5, 5.41) is 0.956. The van der Waals surface area contributed by atoms with Crippen LogP contribution in [-0.4, -0.2) is 28.5 Å². The van der Waals surface area contributed by atoms with Gasteiger partial charge in [-0.1, -0.05) is 11.6 Å². The number of carbonyl (C=O) groups is 1. The van der Waals surface area contributed by atoms with Crippen LogP contribution in [-0.2, 0) is 10.0 Å². The number of hydrogen-bond acceptors (Lipinski definition) is 5. The van der Waals surface area contributed by atoms with E-state index in [-0.39, 0.29) is 9.92 Å². The molecule has 0 aliphatic heterocycles. The molecule has 1 aromatic heterocycles. The molecule has 0 radical (unpaired) electrons. The van der Waals surface area contributed by atoms with Crippen LogP contribution >= 0.6 is 22.9 Å². The maximum Gasteiger partial charge on any atom is 0.264 e. The smallest absolute Gasteiger partial charge is 0.264 e. The number of methoxy groups -OCH3 is 1. The number of sulfonamides is 1. The van der Waals surface area contributed by atoms with Crippen molar-refractivity contribution in [1.29, 1.82) is 0 Å². The molecule has 26 heavy (non-hydrogen) atoms. The van der Waals surface area contributed by atoms with Crippen molar-refractivity contribution in [3.05, 3.63) is 52.4 Å². The van der Waals surface area contributed by atoms with Crippen LogP contribution in [0.15, 0.2) is 47.4 Å². The van der Waals surface area contributed by atoms with Gasteiger partial charge in [0.1, 0.15) is 5.75 Å². The van der Waals surface area contributed by atoms with E-state index in [0.29, 0.717) is 16.3 Å². The van der Waals surface area contributed by atoms with E-state index in [4.69, 9.17) is 22.1 Å². The summed E-state index contributed by atoms with van der Waals surface area (Å²) in [7, 11) is -0.902. The Hall–Kier alpha value is -2.29. The molecular formula is C17H15ClN2O4S2. The molecule has 9 heteroatoms. The van der Waals surface area contributed by atoms with Crippen molar-refractivity contribution in [3.8, 4) is 5.75 Å². The number of nitrogens with zero attached hydrogens (tertiary/aromatic N) is 1. The lowest BCUT2D eigenvalue weighted by Crippen LogP contribution is -2.26. The molecule has 136 valence electrons. The third-order valence-electron chi connectivity index (χ3n) is 3.89. The molecule has 6 nitrogen and oxygen atoms in total. The number of fused-ring (bicyclic) bond motifs is 1. The number of primary amides is 1. The van der Waals surface area contributed by atoms with E-state index in [2.05, 4.69) is 0 Å². The minimum Gasteiger partial charge on any atom is -0.495 e. The van der Waals surface area contributed by atoms with Crippen LogP contribution in [0.4, 0.5) is 5.69 Å². The maximum absolute atomic E-state index is 12.9. The molecular weight excluding hydrogens is 396 g/mol. The van der Waals surface area contributed by atoms with E-state index >= 15 is 0 Å². The Morgan fingerprint density at radius 1 is 1.19 bits per heavy atom. The van der Waals surface area contributed by atoms with Gasteiger partial charge < -0.3 is 10.5 Å². The number of rotatable bonds is 5. The first-order chi connectivity index (χ1) is 12.2. The number of halogens is 1. The fourth-order valence-corrected chi connectivity index (χ4v) is 4.88. The predicted octanol–water partition coefficient (Wildman–Crippen LogP) is 3.49. The molecule has 3 rings (SSSR count). The highest BCUT2D eigenvalue weighted by molar-refractivity contribution is 7.92. The Labute approximate surface area is 159 Å². The third-order valence-corrected chi connectivity index (χ3v) is 7.10. The van der Waals surface area contributed by atoms with E-state index in [1.807, 2.05) is 0 Å². The van der Waals surface area contributed by atoms with Crippen LogP contribution in [0, 0.1) is 0 Å². The Morgan fingerprint density at radius 3 is 2.54 bits per heavy atom. The lowest BCUT2D eigenvalue weighted by atomic mass is 10.2. The van der Waals surface area contributed by atoms with Gasteiger partial charge in [-0.05, 0) is 47.9 Å². The molecule has 0 unspecified atom stereocenters. The number of thiophene rings is 1. The summed E-state index contributed by atoms with van der Waals surface area (Å²) in [4.78, 5) is 11.8. The topological polar surface area (TPSA) is 89.7 Å². The van der Waals surface area contributed by atoms with Gasteiger partial charge in [0.05, 0.1) is 27.6 Å². The number of amides is 1. The zero-order chi connectivity index (χ0) is 19.1. The molecule has 0 saturated heterocycles. The van der Waals surface area contributed by atoms with Crippen molar-refractivity contribution in [2.45, 2.75) is 4.90 Å². The summed E-state index contributed by atoms with van der Waals surface area (Å²) in [6.07, 6.45) is 0. The quantitative estimate of drug-likeness (QED) is 0.697. The van der Waals surface area contributed by atoms with Crippen molar-refractivity contribution >= 4 is 54.6 Å². The van der Waals surface area contributed by atoms with E-state index in [1.54, 1.807) is 24.3 Å². The zero-order valence-electron chi connectivity index (χ0n) is 13.9. The first-order valence-electron chi connectivity index (χ1n) is 7.40. The lowest BCUT2D eigenvalue weighted by molar-refractivity contribution is 0.100. The lowest BCUT2D eigenvalue weighted by Gasteiger charge is -2.20. The van der Waals surface area contributed by atoms with Crippen molar-refractivity contribution in [3.63, 3.8) is 0 Å². The summed E-state index contributed by atoms with van der Waals surface area (Å²) >= 11 is 7.31. The van der Waals surface area contributed by atoms with Gasteiger partial charge in [-0.15, -0.1) is 11.3 Å². The zero-order valence-corrected chi connectivity index (χ0v) is 16.3. The van der Waals surface area contributed by atoms with Crippen molar-refractivity contribution in [2.75, 3.05) is 18.5 Å². The standard InChI is InChI=1S/C17H15ClN2O4S2/c1-20(26(22,23)12-4-5-14(24-2)13(18)9-12)11-3-6-15-10(7-11)8-16(25-15)17(19)21/h3-9H,1-2H3,(H2,19,21). The van der Waals surface area contributed by atoms with Gasteiger partial charge in [-0.25, -0.2) is 8.42 Å². The molecule has 0 aliphatic rings. The van der Waals surface area contributed by atoms with Crippen LogP contribution in [0.25, 0.3) is 10.1 Å². The molecule has 2 aromatic carbocycles. The first-order valence-corrected chi connectivity index (χ1v) is 10.0. The average Bonchev–Trinajstić information content (AvgIpc) is 3.04. The molecule has 1 heterocycles. The third kappa shape index (κ3) is 3.23. The molecule has 1 amide bonds.